The van der Waals surface area contributed by atoms with Crippen molar-refractivity contribution in [2.75, 3.05) is 19.4 Å². The monoisotopic (exact) mass is 316 g/mol. The molecule has 1 aromatic rings. The summed E-state index contributed by atoms with van der Waals surface area (Å²) in [5.74, 6) is 0.857. The maximum absolute atomic E-state index is 12.0. The Kier molecular flexibility index (Phi) is 6.63. The van der Waals surface area contributed by atoms with E-state index in [4.69, 9.17) is 0 Å². The highest BCUT2D eigenvalue weighted by Crippen LogP contribution is 2.27. The summed E-state index contributed by atoms with van der Waals surface area (Å²) in [5.41, 5.74) is 1.38. The highest BCUT2D eigenvalue weighted by molar-refractivity contribution is 5.95. The molecule has 1 aliphatic carbocycles. The summed E-state index contributed by atoms with van der Waals surface area (Å²) in [5, 5.41) is 2.91. The number of nitrogens with one attached hydrogen (secondary N) is 1. The van der Waals surface area contributed by atoms with Crippen LogP contribution in [-0.4, -0.2) is 30.8 Å². The largest absolute Gasteiger partial charge is 0.345 e. The lowest BCUT2D eigenvalue weighted by Gasteiger charge is -2.21. The predicted octanol–water partition coefficient (Wildman–Crippen LogP) is 4.08. The third-order valence-corrected chi connectivity index (χ3v) is 4.56. The third kappa shape index (κ3) is 5.70. The van der Waals surface area contributed by atoms with E-state index in [0.717, 1.165) is 18.0 Å². The molecule has 0 aliphatic heterocycles. The Morgan fingerprint density at radius 2 is 1.74 bits per heavy atom. The summed E-state index contributed by atoms with van der Waals surface area (Å²) < 4.78 is 0. The molecule has 2 amide bonds. The summed E-state index contributed by atoms with van der Waals surface area (Å²) in [7, 11) is 3.45. The van der Waals surface area contributed by atoms with Gasteiger partial charge in [0, 0.05) is 31.8 Å². The van der Waals surface area contributed by atoms with Crippen LogP contribution in [-0.2, 0) is 4.79 Å². The lowest BCUT2D eigenvalue weighted by molar-refractivity contribution is -0.116. The van der Waals surface area contributed by atoms with Gasteiger partial charge in [-0.15, -0.1) is 0 Å². The molecule has 0 atom stereocenters. The molecule has 126 valence electrons. The molecule has 2 rings (SSSR count). The summed E-state index contributed by atoms with van der Waals surface area (Å²) in [6, 6.07) is 7.07. The van der Waals surface area contributed by atoms with Crippen molar-refractivity contribution in [1.82, 2.24) is 4.90 Å². The molecule has 0 heterocycles. The first-order chi connectivity index (χ1) is 11.1. The zero-order valence-electron chi connectivity index (χ0n) is 14.3. The second kappa shape index (κ2) is 8.70. The number of benzene rings is 1. The quantitative estimate of drug-likeness (QED) is 0.860. The molecule has 4 nitrogen and oxygen atoms in total. The minimum Gasteiger partial charge on any atom is -0.345 e. The van der Waals surface area contributed by atoms with Crippen LogP contribution in [0.15, 0.2) is 24.3 Å². The Labute approximate surface area is 139 Å². The van der Waals surface area contributed by atoms with E-state index in [0.29, 0.717) is 12.0 Å². The number of rotatable bonds is 6. The van der Waals surface area contributed by atoms with Gasteiger partial charge < -0.3 is 10.2 Å². The first kappa shape index (κ1) is 17.5. The van der Waals surface area contributed by atoms with Gasteiger partial charge in [-0.05, 0) is 43.0 Å². The molecule has 0 saturated heterocycles. The Hall–Kier alpha value is -1.84. The van der Waals surface area contributed by atoms with Crippen molar-refractivity contribution in [3.05, 3.63) is 29.8 Å². The Morgan fingerprint density at radius 1 is 1.09 bits per heavy atom. The van der Waals surface area contributed by atoms with Crippen molar-refractivity contribution >= 4 is 17.5 Å². The molecule has 23 heavy (non-hydrogen) atoms. The molecule has 1 N–H and O–H groups in total. The molecule has 4 heteroatoms. The topological polar surface area (TPSA) is 49.4 Å². The number of anilines is 1. The second-order valence-electron chi connectivity index (χ2n) is 6.72. The highest BCUT2D eigenvalue weighted by atomic mass is 16.2. The Balaban J connectivity index is 1.73. The minimum absolute atomic E-state index is 0.0321. The number of nitrogens with zero attached hydrogens (tertiary/aromatic N) is 1. The fourth-order valence-corrected chi connectivity index (χ4v) is 3.20. The van der Waals surface area contributed by atoms with Crippen molar-refractivity contribution in [2.24, 2.45) is 5.92 Å². The average molecular weight is 316 g/mol. The maximum Gasteiger partial charge on any atom is 0.253 e. The van der Waals surface area contributed by atoms with Gasteiger partial charge in [-0.3, -0.25) is 9.59 Å². The molecule has 1 aliphatic rings. The van der Waals surface area contributed by atoms with Crippen LogP contribution in [0.1, 0.15) is 61.7 Å². The zero-order chi connectivity index (χ0) is 16.7. The van der Waals surface area contributed by atoms with E-state index >= 15 is 0 Å². The Bertz CT molecular complexity index is 517. The maximum atomic E-state index is 12.0. The van der Waals surface area contributed by atoms with Crippen LogP contribution >= 0.6 is 0 Å². The summed E-state index contributed by atoms with van der Waals surface area (Å²) in [6.07, 6.45) is 9.48. The van der Waals surface area contributed by atoms with Gasteiger partial charge in [0.2, 0.25) is 5.91 Å². The SMILES string of the molecule is CN(C)C(=O)c1ccc(NC(=O)CCCC2CCCCC2)cc1. The minimum atomic E-state index is -0.0321. The van der Waals surface area contributed by atoms with Crippen molar-refractivity contribution < 1.29 is 9.59 Å². The van der Waals surface area contributed by atoms with Crippen LogP contribution in [0, 0.1) is 5.92 Å². The highest BCUT2D eigenvalue weighted by Gasteiger charge is 2.14. The molecular weight excluding hydrogens is 288 g/mol. The standard InChI is InChI=1S/C19H28N2O2/c1-21(2)19(23)16-11-13-17(14-12-16)20-18(22)10-6-9-15-7-4-3-5-8-15/h11-15H,3-10H2,1-2H3,(H,20,22). The second-order valence-corrected chi connectivity index (χ2v) is 6.72. The van der Waals surface area contributed by atoms with E-state index in [1.807, 2.05) is 0 Å². The van der Waals surface area contributed by atoms with Crippen LogP contribution in [0.25, 0.3) is 0 Å². The van der Waals surface area contributed by atoms with E-state index in [9.17, 15) is 9.59 Å². The smallest absolute Gasteiger partial charge is 0.253 e. The normalized spacial score (nSPS) is 15.2. The summed E-state index contributed by atoms with van der Waals surface area (Å²) in [6.45, 7) is 0. The lowest BCUT2D eigenvalue weighted by atomic mass is 9.86. The van der Waals surface area contributed by atoms with Crippen LogP contribution < -0.4 is 5.32 Å². The lowest BCUT2D eigenvalue weighted by Crippen LogP contribution is -2.21. The third-order valence-electron chi connectivity index (χ3n) is 4.56. The molecule has 1 fully saturated rings. The molecule has 0 aromatic heterocycles. The van der Waals surface area contributed by atoms with Gasteiger partial charge in [-0.1, -0.05) is 32.1 Å². The van der Waals surface area contributed by atoms with E-state index in [2.05, 4.69) is 5.32 Å². The first-order valence-corrected chi connectivity index (χ1v) is 8.68. The molecule has 0 bridgehead atoms. The van der Waals surface area contributed by atoms with Crippen LogP contribution in [0.2, 0.25) is 0 Å². The van der Waals surface area contributed by atoms with Gasteiger partial charge in [-0.25, -0.2) is 0 Å². The summed E-state index contributed by atoms with van der Waals surface area (Å²) >= 11 is 0. The van der Waals surface area contributed by atoms with Gasteiger partial charge in [-0.2, -0.15) is 0 Å². The zero-order valence-corrected chi connectivity index (χ0v) is 14.3. The van der Waals surface area contributed by atoms with Gasteiger partial charge in [0.1, 0.15) is 0 Å². The molecule has 0 radical (unpaired) electrons. The summed E-state index contributed by atoms with van der Waals surface area (Å²) in [4.78, 5) is 25.3. The molecule has 1 aromatic carbocycles. The molecule has 1 saturated carbocycles. The van der Waals surface area contributed by atoms with Gasteiger partial charge in [0.05, 0.1) is 0 Å². The number of hydrogen-bond acceptors (Lipinski definition) is 2. The molecule has 0 spiro atoms. The van der Waals surface area contributed by atoms with Crippen LogP contribution in [0.4, 0.5) is 5.69 Å². The van der Waals surface area contributed by atoms with E-state index in [1.165, 1.54) is 38.5 Å². The Morgan fingerprint density at radius 3 is 2.35 bits per heavy atom. The van der Waals surface area contributed by atoms with E-state index in [1.54, 1.807) is 43.3 Å². The fraction of sp³-hybridized carbons (Fsp3) is 0.579. The number of amides is 2. The number of carbonyl (C=O) groups excluding carboxylic acids is 2. The van der Waals surface area contributed by atoms with Crippen molar-refractivity contribution in [1.29, 1.82) is 0 Å². The fourth-order valence-electron chi connectivity index (χ4n) is 3.20. The molecule has 0 unspecified atom stereocenters. The molecular formula is C19H28N2O2. The van der Waals surface area contributed by atoms with Crippen molar-refractivity contribution in [2.45, 2.75) is 51.4 Å². The van der Waals surface area contributed by atoms with Crippen molar-refractivity contribution in [3.8, 4) is 0 Å². The van der Waals surface area contributed by atoms with Crippen LogP contribution in [0.5, 0.6) is 0 Å². The van der Waals surface area contributed by atoms with Gasteiger partial charge in [0.15, 0.2) is 0 Å². The first-order valence-electron chi connectivity index (χ1n) is 8.68. The van der Waals surface area contributed by atoms with Gasteiger partial charge >= 0.3 is 0 Å². The van der Waals surface area contributed by atoms with Crippen LogP contribution in [0.3, 0.4) is 0 Å². The van der Waals surface area contributed by atoms with Gasteiger partial charge in [0.25, 0.3) is 5.91 Å². The van der Waals surface area contributed by atoms with Crippen molar-refractivity contribution in [3.63, 3.8) is 0 Å². The average Bonchev–Trinajstić information content (AvgIpc) is 2.56. The predicted molar refractivity (Wildman–Crippen MR) is 93.5 cm³/mol. The number of carbonyl (C=O) groups is 2. The van der Waals surface area contributed by atoms with E-state index in [-0.39, 0.29) is 11.8 Å². The number of hydrogen-bond donors (Lipinski definition) is 1. The van der Waals surface area contributed by atoms with E-state index < -0.39 is 0 Å².